The first-order chi connectivity index (χ1) is 15.7. The molecule has 32 heavy (non-hydrogen) atoms. The standard InChI is InChI=1S/C24H20ClN5OS/c1-31-20-10-3-2-8-18(20)30-23(22(28-24(30)32)17-7-4-5-13-26-17)19-9-6-14-29(19)21-12-11-16(25)15-27-21/h2-15,22-23H,1H3,(H,28,32)/t22-,23-/m0/s1. The van der Waals surface area contributed by atoms with E-state index in [9.17, 15) is 0 Å². The Balaban J connectivity index is 1.68. The number of ether oxygens (including phenoxy) is 1. The Morgan fingerprint density at radius 1 is 1.00 bits per heavy atom. The molecule has 0 saturated carbocycles. The van der Waals surface area contributed by atoms with E-state index in [1.54, 1.807) is 19.5 Å². The maximum atomic E-state index is 6.07. The van der Waals surface area contributed by atoms with E-state index < -0.39 is 0 Å². The summed E-state index contributed by atoms with van der Waals surface area (Å²) in [4.78, 5) is 11.2. The van der Waals surface area contributed by atoms with E-state index in [1.807, 2.05) is 66.9 Å². The third kappa shape index (κ3) is 3.59. The summed E-state index contributed by atoms with van der Waals surface area (Å²) in [6.45, 7) is 0. The largest absolute Gasteiger partial charge is 0.495 e. The zero-order chi connectivity index (χ0) is 22.1. The predicted molar refractivity (Wildman–Crippen MR) is 129 cm³/mol. The number of para-hydroxylation sites is 2. The van der Waals surface area contributed by atoms with Gasteiger partial charge in [0.15, 0.2) is 5.11 Å². The van der Waals surface area contributed by atoms with Gasteiger partial charge in [0.05, 0.1) is 29.6 Å². The normalized spacial score (nSPS) is 17.9. The number of rotatable bonds is 5. The van der Waals surface area contributed by atoms with Crippen LogP contribution in [-0.2, 0) is 0 Å². The highest BCUT2D eigenvalue weighted by Crippen LogP contribution is 2.44. The molecule has 1 fully saturated rings. The zero-order valence-corrected chi connectivity index (χ0v) is 18.8. The Morgan fingerprint density at radius 2 is 1.84 bits per heavy atom. The second-order valence-electron chi connectivity index (χ2n) is 7.31. The van der Waals surface area contributed by atoms with Gasteiger partial charge >= 0.3 is 0 Å². The summed E-state index contributed by atoms with van der Waals surface area (Å²) in [7, 11) is 1.66. The van der Waals surface area contributed by atoms with Crippen LogP contribution in [0.3, 0.4) is 0 Å². The van der Waals surface area contributed by atoms with Crippen LogP contribution in [0.25, 0.3) is 5.82 Å². The third-order valence-electron chi connectivity index (χ3n) is 5.48. The van der Waals surface area contributed by atoms with Gasteiger partial charge in [-0.05, 0) is 60.7 Å². The van der Waals surface area contributed by atoms with Crippen LogP contribution in [0.5, 0.6) is 5.75 Å². The maximum absolute atomic E-state index is 6.07. The fraction of sp³-hybridized carbons (Fsp3) is 0.125. The summed E-state index contributed by atoms with van der Waals surface area (Å²) in [6.07, 6.45) is 5.43. The number of nitrogens with one attached hydrogen (secondary N) is 1. The van der Waals surface area contributed by atoms with Gasteiger partial charge in [-0.15, -0.1) is 0 Å². The number of halogens is 1. The van der Waals surface area contributed by atoms with Crippen LogP contribution in [0.15, 0.2) is 85.3 Å². The van der Waals surface area contributed by atoms with Crippen molar-refractivity contribution in [2.45, 2.75) is 12.1 Å². The van der Waals surface area contributed by atoms with E-state index in [-0.39, 0.29) is 12.1 Å². The Labute approximate surface area is 196 Å². The van der Waals surface area contributed by atoms with E-state index in [0.717, 1.165) is 28.6 Å². The lowest BCUT2D eigenvalue weighted by Gasteiger charge is -2.29. The van der Waals surface area contributed by atoms with Crippen LogP contribution < -0.4 is 15.0 Å². The van der Waals surface area contributed by atoms with Crippen molar-refractivity contribution in [3.8, 4) is 11.6 Å². The number of aromatic nitrogens is 3. The Kier molecular flexibility index (Phi) is 5.51. The Bertz CT molecular complexity index is 1240. The second kappa shape index (κ2) is 8.61. The fourth-order valence-electron chi connectivity index (χ4n) is 4.10. The van der Waals surface area contributed by atoms with Gasteiger partial charge in [-0.25, -0.2) is 4.98 Å². The minimum atomic E-state index is -0.193. The van der Waals surface area contributed by atoms with Gasteiger partial charge in [-0.2, -0.15) is 0 Å². The molecule has 1 aliphatic rings. The highest BCUT2D eigenvalue weighted by atomic mass is 35.5. The summed E-state index contributed by atoms with van der Waals surface area (Å²) in [5.74, 6) is 1.51. The van der Waals surface area contributed by atoms with Gasteiger partial charge in [-0.1, -0.05) is 29.8 Å². The molecule has 1 aliphatic heterocycles. The fourth-order valence-corrected chi connectivity index (χ4v) is 4.55. The van der Waals surface area contributed by atoms with Gasteiger partial charge < -0.3 is 19.5 Å². The Hall–Kier alpha value is -3.42. The van der Waals surface area contributed by atoms with Crippen molar-refractivity contribution < 1.29 is 4.74 Å². The van der Waals surface area contributed by atoms with Crippen molar-refractivity contribution in [3.05, 3.63) is 102 Å². The van der Waals surface area contributed by atoms with Gasteiger partial charge in [0.1, 0.15) is 17.6 Å². The average Bonchev–Trinajstić information content (AvgIpc) is 3.44. The SMILES string of the molecule is COc1ccccc1N1C(=S)N[C@@H](c2ccccn2)[C@@H]1c1cccn1-c1ccc(Cl)cn1. The zero-order valence-electron chi connectivity index (χ0n) is 17.2. The second-order valence-corrected chi connectivity index (χ2v) is 8.13. The number of benzene rings is 1. The van der Waals surface area contributed by atoms with Crippen LogP contribution in [0, 0.1) is 0 Å². The minimum absolute atomic E-state index is 0.172. The number of nitrogens with zero attached hydrogens (tertiary/aromatic N) is 4. The van der Waals surface area contributed by atoms with Crippen molar-refractivity contribution in [2.75, 3.05) is 12.0 Å². The molecular formula is C24H20ClN5OS. The van der Waals surface area contributed by atoms with Gasteiger partial charge in [0.2, 0.25) is 0 Å². The molecule has 5 rings (SSSR count). The lowest BCUT2D eigenvalue weighted by molar-refractivity contribution is 0.414. The quantitative estimate of drug-likeness (QED) is 0.417. The molecule has 4 aromatic rings. The van der Waals surface area contributed by atoms with E-state index in [4.69, 9.17) is 28.6 Å². The molecule has 0 radical (unpaired) electrons. The average molecular weight is 462 g/mol. The highest BCUT2D eigenvalue weighted by molar-refractivity contribution is 7.80. The van der Waals surface area contributed by atoms with E-state index in [0.29, 0.717) is 10.1 Å². The molecule has 0 unspecified atom stereocenters. The van der Waals surface area contributed by atoms with Crippen molar-refractivity contribution in [1.29, 1.82) is 0 Å². The molecular weight excluding hydrogens is 442 g/mol. The van der Waals surface area contributed by atoms with Crippen LogP contribution in [0.1, 0.15) is 23.5 Å². The van der Waals surface area contributed by atoms with E-state index in [1.165, 1.54) is 0 Å². The molecule has 4 heterocycles. The minimum Gasteiger partial charge on any atom is -0.495 e. The topological polar surface area (TPSA) is 55.2 Å². The number of hydrogen-bond acceptors (Lipinski definition) is 4. The number of methoxy groups -OCH3 is 1. The molecule has 8 heteroatoms. The van der Waals surface area contributed by atoms with Crippen molar-refractivity contribution in [2.24, 2.45) is 0 Å². The molecule has 2 atom stereocenters. The predicted octanol–water partition coefficient (Wildman–Crippen LogP) is 5.11. The molecule has 1 aromatic carbocycles. The van der Waals surface area contributed by atoms with Gasteiger partial charge in [0.25, 0.3) is 0 Å². The number of hydrogen-bond donors (Lipinski definition) is 1. The third-order valence-corrected chi connectivity index (χ3v) is 6.02. The lowest BCUT2D eigenvalue weighted by Crippen LogP contribution is -2.30. The molecule has 0 bridgehead atoms. The van der Waals surface area contributed by atoms with Crippen molar-refractivity contribution in [1.82, 2.24) is 19.9 Å². The van der Waals surface area contributed by atoms with E-state index >= 15 is 0 Å². The first kappa shape index (κ1) is 20.5. The molecule has 6 nitrogen and oxygen atoms in total. The molecule has 0 aliphatic carbocycles. The smallest absolute Gasteiger partial charge is 0.174 e. The molecule has 160 valence electrons. The summed E-state index contributed by atoms with van der Waals surface area (Å²) in [5, 5.41) is 4.68. The molecule has 1 saturated heterocycles. The van der Waals surface area contributed by atoms with E-state index in [2.05, 4.69) is 30.8 Å². The molecule has 3 aromatic heterocycles. The summed E-state index contributed by atoms with van der Waals surface area (Å²) in [5.41, 5.74) is 2.79. The maximum Gasteiger partial charge on any atom is 0.174 e. The van der Waals surface area contributed by atoms with Crippen LogP contribution >= 0.6 is 23.8 Å². The summed E-state index contributed by atoms with van der Waals surface area (Å²) in [6, 6.07) is 21.2. The summed E-state index contributed by atoms with van der Waals surface area (Å²) < 4.78 is 7.71. The monoisotopic (exact) mass is 461 g/mol. The Morgan fingerprint density at radius 3 is 2.59 bits per heavy atom. The van der Waals surface area contributed by atoms with Crippen molar-refractivity contribution in [3.63, 3.8) is 0 Å². The highest BCUT2D eigenvalue weighted by Gasteiger charge is 2.43. The van der Waals surface area contributed by atoms with Crippen LogP contribution in [0.4, 0.5) is 5.69 Å². The molecule has 0 spiro atoms. The lowest BCUT2D eigenvalue weighted by atomic mass is 10.0. The molecule has 0 amide bonds. The van der Waals surface area contributed by atoms with Crippen molar-refractivity contribution >= 4 is 34.6 Å². The summed E-state index contributed by atoms with van der Waals surface area (Å²) >= 11 is 11.9. The molecule has 1 N–H and O–H groups in total. The first-order valence-corrected chi connectivity index (χ1v) is 10.9. The van der Waals surface area contributed by atoms with Gasteiger partial charge in [0, 0.05) is 24.3 Å². The van der Waals surface area contributed by atoms with Gasteiger partial charge in [-0.3, -0.25) is 4.98 Å². The number of pyridine rings is 2. The first-order valence-electron chi connectivity index (χ1n) is 10.1. The van der Waals surface area contributed by atoms with Crippen LogP contribution in [0.2, 0.25) is 5.02 Å². The number of thiocarbonyl (C=S) groups is 1. The van der Waals surface area contributed by atoms with Crippen LogP contribution in [-0.4, -0.2) is 26.8 Å². The number of anilines is 1.